The first-order valence-corrected chi connectivity index (χ1v) is 1.69. The number of carbonyl (C=O) groups excluding carboxylic acids is 1. The summed E-state index contributed by atoms with van der Waals surface area (Å²) in [7, 11) is 0. The second-order valence-corrected chi connectivity index (χ2v) is 0.752. The molecule has 0 aliphatic rings. The van der Waals surface area contributed by atoms with Crippen molar-refractivity contribution in [3.63, 3.8) is 0 Å². The number of nitrogens with two attached hydrogens (primary N) is 1. The summed E-state index contributed by atoms with van der Waals surface area (Å²) < 4.78 is 4.18. The molecule has 0 saturated heterocycles. The van der Waals surface area contributed by atoms with Crippen molar-refractivity contribution in [1.29, 1.82) is 0 Å². The number of carbonyl (C=O) groups is 1. The molecule has 0 aromatic rings. The van der Waals surface area contributed by atoms with E-state index in [2.05, 4.69) is 10.5 Å². The molecule has 0 aliphatic heterocycles. The average Bonchev–Trinajstić information content (AvgIpc) is 1.35. The van der Waals surface area contributed by atoms with Crippen LogP contribution >= 0.6 is 0 Å². The molecule has 0 heterocycles. The summed E-state index contributed by atoms with van der Waals surface area (Å²) >= 11 is 0. The zero-order chi connectivity index (χ0) is 4.99. The van der Waals surface area contributed by atoms with Crippen molar-refractivity contribution in [3.8, 4) is 0 Å². The Morgan fingerprint density at radius 2 is 2.29 bits per heavy atom. The van der Waals surface area contributed by atoms with Gasteiger partial charge in [-0.05, 0) is 6.92 Å². The predicted octanol–water partition coefficient (Wildman–Crippen LogP) is 0.0991. The Labute approximate surface area is 61.3 Å². The molecule has 3 nitrogen and oxygen atoms in total. The van der Waals surface area contributed by atoms with Crippen LogP contribution in [0.5, 0.6) is 0 Å². The fourth-order valence-electron chi connectivity index (χ4n) is 0.142. The molecule has 0 aromatic carbocycles. The van der Waals surface area contributed by atoms with Crippen LogP contribution in [0, 0.1) is 0 Å². The van der Waals surface area contributed by atoms with Crippen molar-refractivity contribution in [2.24, 2.45) is 5.73 Å². The summed E-state index contributed by atoms with van der Waals surface area (Å²) in [6, 6.07) is 0. The van der Waals surface area contributed by atoms with Crippen LogP contribution in [-0.2, 0) is 30.9 Å². The minimum Gasteiger partial charge on any atom is -0.450 e. The van der Waals surface area contributed by atoms with Crippen LogP contribution in [0.4, 0.5) is 4.79 Å². The summed E-state index contributed by atoms with van der Waals surface area (Å²) in [6.07, 6.45) is -0.711. The minimum absolute atomic E-state index is 0. The largest absolute Gasteiger partial charge is 0.450 e. The van der Waals surface area contributed by atoms with Gasteiger partial charge in [-0.2, -0.15) is 0 Å². The van der Waals surface area contributed by atoms with E-state index in [1.165, 1.54) is 0 Å². The van der Waals surface area contributed by atoms with Gasteiger partial charge in [0, 0.05) is 26.2 Å². The van der Waals surface area contributed by atoms with Crippen LogP contribution in [0.3, 0.4) is 0 Å². The Bertz CT molecular complexity index is 56.9. The van der Waals surface area contributed by atoms with Gasteiger partial charge in [0.2, 0.25) is 0 Å². The van der Waals surface area contributed by atoms with Crippen LogP contribution in [0.2, 0.25) is 0 Å². The van der Waals surface area contributed by atoms with Gasteiger partial charge in [-0.15, -0.1) is 0 Å². The van der Waals surface area contributed by atoms with E-state index in [0.717, 1.165) is 0 Å². The third-order valence-corrected chi connectivity index (χ3v) is 0.287. The average molecular weight is 180 g/mol. The van der Waals surface area contributed by atoms with Crippen LogP contribution in [0.25, 0.3) is 0 Å². The summed E-state index contributed by atoms with van der Waals surface area (Å²) in [6.45, 7) is 2.06. The molecule has 0 atom stereocenters. The quantitative estimate of drug-likeness (QED) is 0.622. The molecular weight excluding hydrogens is 173 g/mol. The van der Waals surface area contributed by atoms with E-state index in [4.69, 9.17) is 0 Å². The van der Waals surface area contributed by atoms with Gasteiger partial charge in [0.1, 0.15) is 0 Å². The molecule has 0 rings (SSSR count). The predicted molar refractivity (Wildman–Crippen MR) is 21.2 cm³/mol. The van der Waals surface area contributed by atoms with Gasteiger partial charge in [-0.3, -0.25) is 0 Å². The van der Waals surface area contributed by atoms with Gasteiger partial charge in [0.25, 0.3) is 0 Å². The number of ether oxygens (including phenoxy) is 1. The van der Waals surface area contributed by atoms with Crippen molar-refractivity contribution in [2.45, 2.75) is 6.92 Å². The van der Waals surface area contributed by atoms with E-state index < -0.39 is 6.09 Å². The monoisotopic (exact) mass is 179 g/mol. The van der Waals surface area contributed by atoms with Crippen molar-refractivity contribution in [3.05, 3.63) is 0 Å². The van der Waals surface area contributed by atoms with Crippen LogP contribution in [0.15, 0.2) is 0 Å². The summed E-state index contributed by atoms with van der Waals surface area (Å²) in [5, 5.41) is 0. The molecule has 0 aromatic heterocycles. The Balaban J connectivity index is 0. The third-order valence-electron chi connectivity index (χ3n) is 0.287. The zero-order valence-corrected chi connectivity index (χ0v) is 6.56. The van der Waals surface area contributed by atoms with Gasteiger partial charge < -0.3 is 10.5 Å². The van der Waals surface area contributed by atoms with E-state index in [-0.39, 0.29) is 26.2 Å². The molecule has 0 saturated carbocycles. The molecule has 0 radical (unpaired) electrons. The van der Waals surface area contributed by atoms with E-state index in [9.17, 15) is 4.79 Å². The molecule has 0 bridgehead atoms. The van der Waals surface area contributed by atoms with E-state index in [1.54, 1.807) is 6.92 Å². The van der Waals surface area contributed by atoms with Crippen molar-refractivity contribution >= 4 is 6.09 Å². The molecule has 0 aliphatic carbocycles. The second-order valence-electron chi connectivity index (χ2n) is 0.752. The van der Waals surface area contributed by atoms with Gasteiger partial charge in [0.15, 0.2) is 0 Å². The number of amides is 1. The van der Waals surface area contributed by atoms with Crippen LogP contribution in [0.1, 0.15) is 6.92 Å². The Hall–Kier alpha value is 0.153. The molecule has 1 amide bonds. The number of hydrogen-bond acceptors (Lipinski definition) is 2. The first-order chi connectivity index (χ1) is 2.77. The summed E-state index contributed by atoms with van der Waals surface area (Å²) in [5.41, 5.74) is 4.54. The van der Waals surface area contributed by atoms with E-state index in [1.807, 2.05) is 0 Å². The molecule has 0 unspecified atom stereocenters. The number of hydrogen-bond donors (Lipinski definition) is 1. The maximum Gasteiger partial charge on any atom is 0.404 e. The van der Waals surface area contributed by atoms with Crippen molar-refractivity contribution in [2.75, 3.05) is 6.61 Å². The minimum atomic E-state index is -0.711. The van der Waals surface area contributed by atoms with Crippen LogP contribution in [-0.4, -0.2) is 12.7 Å². The van der Waals surface area contributed by atoms with Crippen molar-refractivity contribution < 1.29 is 35.7 Å². The number of rotatable bonds is 1. The Morgan fingerprint density at radius 1 is 1.86 bits per heavy atom. The molecule has 4 heteroatoms. The second kappa shape index (κ2) is 6.15. The third kappa shape index (κ3) is 10.7. The van der Waals surface area contributed by atoms with Gasteiger partial charge >= 0.3 is 6.09 Å². The van der Waals surface area contributed by atoms with Crippen molar-refractivity contribution in [1.82, 2.24) is 0 Å². The Morgan fingerprint density at radius 3 is 2.29 bits per heavy atom. The maximum atomic E-state index is 9.60. The summed E-state index contributed by atoms with van der Waals surface area (Å²) in [4.78, 5) is 9.60. The molecule has 0 fully saturated rings. The summed E-state index contributed by atoms with van der Waals surface area (Å²) in [5.74, 6) is 0. The van der Waals surface area contributed by atoms with Gasteiger partial charge in [0.05, 0.1) is 6.61 Å². The Kier molecular flexibility index (Phi) is 8.96. The fraction of sp³-hybridized carbons (Fsp3) is 0.667. The number of primary amides is 1. The fourth-order valence-corrected chi connectivity index (χ4v) is 0.142. The maximum absolute atomic E-state index is 9.60. The topological polar surface area (TPSA) is 52.3 Å². The first kappa shape index (κ1) is 10.2. The van der Waals surface area contributed by atoms with E-state index >= 15 is 0 Å². The normalized spacial score (nSPS) is 6.43. The molecule has 7 heavy (non-hydrogen) atoms. The standard InChI is InChI=1S/C3H7NO2.Zr/c1-2-6-3(4)5;/h2H2,1H3,(H2,4,5);. The first-order valence-electron chi connectivity index (χ1n) is 1.69. The molecule has 2 N–H and O–H groups in total. The van der Waals surface area contributed by atoms with Crippen LogP contribution < -0.4 is 5.73 Å². The van der Waals surface area contributed by atoms with Gasteiger partial charge in [-0.1, -0.05) is 0 Å². The van der Waals surface area contributed by atoms with Gasteiger partial charge in [-0.25, -0.2) is 4.79 Å². The SMILES string of the molecule is CCOC(N)=O.[Zr]. The molecule has 40 valence electrons. The molecule has 0 spiro atoms. The zero-order valence-electron chi connectivity index (χ0n) is 4.10. The van der Waals surface area contributed by atoms with E-state index in [0.29, 0.717) is 6.61 Å². The smallest absolute Gasteiger partial charge is 0.404 e. The molecular formula is C3H7NO2Zr.